The van der Waals surface area contributed by atoms with Gasteiger partial charge in [0.15, 0.2) is 9.84 Å². The molecule has 0 aliphatic carbocycles. The van der Waals surface area contributed by atoms with Crippen LogP contribution in [-0.2, 0) is 9.84 Å². The van der Waals surface area contributed by atoms with Gasteiger partial charge in [-0.2, -0.15) is 0 Å². The second-order valence-corrected chi connectivity index (χ2v) is 7.52. The van der Waals surface area contributed by atoms with Crippen LogP contribution in [0.5, 0.6) is 0 Å². The van der Waals surface area contributed by atoms with Crippen LogP contribution in [0.2, 0.25) is 0 Å². The lowest BCUT2D eigenvalue weighted by molar-refractivity contribution is -0.385. The standard InChI is InChI=1S/C14H13NO4S2/c1-20-14(12-9-5-6-10-13(12)15(16)17)21(18,19)11-7-3-2-4-8-11/h2-10,14H,1H3. The van der Waals surface area contributed by atoms with Crippen molar-refractivity contribution in [1.82, 2.24) is 0 Å². The van der Waals surface area contributed by atoms with E-state index >= 15 is 0 Å². The largest absolute Gasteiger partial charge is 0.274 e. The van der Waals surface area contributed by atoms with Crippen LogP contribution >= 0.6 is 11.8 Å². The minimum Gasteiger partial charge on any atom is -0.258 e. The molecular weight excluding hydrogens is 310 g/mol. The Morgan fingerprint density at radius 3 is 2.19 bits per heavy atom. The van der Waals surface area contributed by atoms with Crippen LogP contribution in [-0.4, -0.2) is 19.6 Å². The number of nitro benzene ring substituents is 1. The number of nitrogens with zero attached hydrogens (tertiary/aromatic N) is 1. The predicted molar refractivity (Wildman–Crippen MR) is 83.0 cm³/mol. The topological polar surface area (TPSA) is 77.3 Å². The highest BCUT2D eigenvalue weighted by molar-refractivity contribution is 8.12. The summed E-state index contributed by atoms with van der Waals surface area (Å²) >= 11 is 1.06. The fourth-order valence-electron chi connectivity index (χ4n) is 2.01. The molecular formula is C14H13NO4S2. The van der Waals surface area contributed by atoms with E-state index in [9.17, 15) is 18.5 Å². The summed E-state index contributed by atoms with van der Waals surface area (Å²) in [6, 6.07) is 13.9. The Labute approximate surface area is 127 Å². The lowest BCUT2D eigenvalue weighted by Gasteiger charge is -2.16. The zero-order valence-corrected chi connectivity index (χ0v) is 12.8. The Hall–Kier alpha value is -1.86. The van der Waals surface area contributed by atoms with Gasteiger partial charge < -0.3 is 0 Å². The molecule has 0 heterocycles. The van der Waals surface area contributed by atoms with Crippen molar-refractivity contribution in [2.45, 2.75) is 9.48 Å². The van der Waals surface area contributed by atoms with Crippen LogP contribution in [0.25, 0.3) is 0 Å². The van der Waals surface area contributed by atoms with E-state index in [0.717, 1.165) is 11.8 Å². The number of rotatable bonds is 5. The molecule has 0 amide bonds. The third kappa shape index (κ3) is 3.08. The van der Waals surface area contributed by atoms with E-state index in [1.807, 2.05) is 0 Å². The van der Waals surface area contributed by atoms with Gasteiger partial charge in [-0.1, -0.05) is 30.3 Å². The number of thioether (sulfide) groups is 1. The van der Waals surface area contributed by atoms with Gasteiger partial charge in [-0.25, -0.2) is 8.42 Å². The Morgan fingerprint density at radius 1 is 1.05 bits per heavy atom. The highest BCUT2D eigenvalue weighted by atomic mass is 32.3. The number of hydrogen-bond donors (Lipinski definition) is 0. The molecule has 0 fully saturated rings. The van der Waals surface area contributed by atoms with Crippen molar-refractivity contribution in [3.63, 3.8) is 0 Å². The summed E-state index contributed by atoms with van der Waals surface area (Å²) in [6.07, 6.45) is 1.63. The molecule has 1 unspecified atom stereocenters. The van der Waals surface area contributed by atoms with E-state index in [1.165, 1.54) is 30.3 Å². The summed E-state index contributed by atoms with van der Waals surface area (Å²) in [7, 11) is -3.70. The first kappa shape index (κ1) is 15.5. The van der Waals surface area contributed by atoms with Crippen molar-refractivity contribution < 1.29 is 13.3 Å². The van der Waals surface area contributed by atoms with Crippen LogP contribution in [0.4, 0.5) is 5.69 Å². The van der Waals surface area contributed by atoms with E-state index in [0.29, 0.717) is 0 Å². The molecule has 0 saturated heterocycles. The molecule has 21 heavy (non-hydrogen) atoms. The third-order valence-electron chi connectivity index (χ3n) is 2.96. The van der Waals surface area contributed by atoms with Crippen molar-refractivity contribution in [2.75, 3.05) is 6.26 Å². The Balaban J connectivity index is 2.58. The van der Waals surface area contributed by atoms with Crippen molar-refractivity contribution in [3.05, 3.63) is 70.3 Å². The summed E-state index contributed by atoms with van der Waals surface area (Å²) in [5, 5.41) is 11.1. The molecule has 0 aromatic heterocycles. The number of para-hydroxylation sites is 1. The number of nitro groups is 1. The Kier molecular flexibility index (Phi) is 4.64. The van der Waals surface area contributed by atoms with Gasteiger partial charge >= 0.3 is 0 Å². The van der Waals surface area contributed by atoms with Crippen molar-refractivity contribution in [2.24, 2.45) is 0 Å². The maximum atomic E-state index is 12.7. The van der Waals surface area contributed by atoms with Gasteiger partial charge in [-0.15, -0.1) is 11.8 Å². The molecule has 110 valence electrons. The van der Waals surface area contributed by atoms with Gasteiger partial charge in [0.2, 0.25) is 0 Å². The average molecular weight is 323 g/mol. The Morgan fingerprint density at radius 2 is 1.62 bits per heavy atom. The molecule has 0 aliphatic rings. The molecule has 0 aliphatic heterocycles. The fraction of sp³-hybridized carbons (Fsp3) is 0.143. The van der Waals surface area contributed by atoms with Crippen molar-refractivity contribution in [3.8, 4) is 0 Å². The first-order chi connectivity index (χ1) is 9.98. The van der Waals surface area contributed by atoms with Crippen molar-refractivity contribution in [1.29, 1.82) is 0 Å². The predicted octanol–water partition coefficient (Wildman–Crippen LogP) is 3.43. The lowest BCUT2D eigenvalue weighted by atomic mass is 10.2. The van der Waals surface area contributed by atoms with Gasteiger partial charge in [0.25, 0.3) is 5.69 Å². The first-order valence-corrected chi connectivity index (χ1v) is 8.87. The minimum atomic E-state index is -3.70. The number of sulfone groups is 1. The summed E-state index contributed by atoms with van der Waals surface area (Å²) in [6.45, 7) is 0. The minimum absolute atomic E-state index is 0.155. The maximum absolute atomic E-state index is 12.7. The summed E-state index contributed by atoms with van der Waals surface area (Å²) in [5.74, 6) is 0. The molecule has 0 spiro atoms. The fourth-order valence-corrected chi connectivity index (χ4v) is 5.13. The molecule has 7 heteroatoms. The molecule has 0 saturated carbocycles. The van der Waals surface area contributed by atoms with Crippen LogP contribution < -0.4 is 0 Å². The Bertz CT molecular complexity index is 745. The van der Waals surface area contributed by atoms with Gasteiger partial charge in [0.05, 0.1) is 15.4 Å². The second kappa shape index (κ2) is 6.28. The molecule has 2 rings (SSSR count). The quantitative estimate of drug-likeness (QED) is 0.622. The highest BCUT2D eigenvalue weighted by Gasteiger charge is 2.33. The van der Waals surface area contributed by atoms with E-state index < -0.39 is 19.3 Å². The highest BCUT2D eigenvalue weighted by Crippen LogP contribution is 2.40. The van der Waals surface area contributed by atoms with E-state index in [-0.39, 0.29) is 16.1 Å². The van der Waals surface area contributed by atoms with Crippen LogP contribution in [0, 0.1) is 10.1 Å². The van der Waals surface area contributed by atoms with E-state index in [4.69, 9.17) is 0 Å². The van der Waals surface area contributed by atoms with Crippen LogP contribution in [0.15, 0.2) is 59.5 Å². The van der Waals surface area contributed by atoms with Gasteiger partial charge in [0.1, 0.15) is 4.58 Å². The molecule has 2 aromatic carbocycles. The number of benzene rings is 2. The number of hydrogen-bond acceptors (Lipinski definition) is 5. The SMILES string of the molecule is CSC(c1ccccc1[N+](=O)[O-])S(=O)(=O)c1ccccc1. The van der Waals surface area contributed by atoms with E-state index in [1.54, 1.807) is 30.5 Å². The molecule has 2 aromatic rings. The summed E-state index contributed by atoms with van der Waals surface area (Å²) in [4.78, 5) is 10.7. The first-order valence-electron chi connectivity index (χ1n) is 6.03. The second-order valence-electron chi connectivity index (χ2n) is 4.24. The molecule has 0 bridgehead atoms. The van der Waals surface area contributed by atoms with E-state index in [2.05, 4.69) is 0 Å². The van der Waals surface area contributed by atoms with Crippen molar-refractivity contribution >= 4 is 27.3 Å². The third-order valence-corrected chi connectivity index (χ3v) is 6.72. The zero-order valence-electron chi connectivity index (χ0n) is 11.2. The normalized spacial score (nSPS) is 12.8. The summed E-state index contributed by atoms with van der Waals surface area (Å²) in [5.41, 5.74) is 0.00945. The molecule has 0 N–H and O–H groups in total. The monoisotopic (exact) mass is 323 g/mol. The molecule has 0 radical (unpaired) electrons. The van der Waals surface area contributed by atoms with Crippen LogP contribution in [0.1, 0.15) is 10.1 Å². The van der Waals surface area contributed by atoms with Gasteiger partial charge in [0, 0.05) is 6.07 Å². The maximum Gasteiger partial charge on any atom is 0.274 e. The lowest BCUT2D eigenvalue weighted by Crippen LogP contribution is -2.12. The van der Waals surface area contributed by atoms with Crippen LogP contribution in [0.3, 0.4) is 0 Å². The zero-order chi connectivity index (χ0) is 15.5. The van der Waals surface area contributed by atoms with Gasteiger partial charge in [-0.05, 0) is 24.5 Å². The summed E-state index contributed by atoms with van der Waals surface area (Å²) < 4.78 is 24.4. The average Bonchev–Trinajstić information content (AvgIpc) is 2.49. The molecule has 5 nitrogen and oxygen atoms in total. The smallest absolute Gasteiger partial charge is 0.258 e. The molecule has 1 atom stereocenters. The van der Waals surface area contributed by atoms with Gasteiger partial charge in [-0.3, -0.25) is 10.1 Å².